The standard InChI is InChI=1S/C21H18FN7O/c1-13-24-26-27-28(13)15-7-4-6-14(12-15)23-21(30)20-16-8-5-11-18(16)29(25-20)19-10-3-2-9-17(19)22/h2-4,6-7,9-10,12H,5,8,11H2,1H3,(H,23,30). The highest BCUT2D eigenvalue weighted by molar-refractivity contribution is 6.04. The van der Waals surface area contributed by atoms with Crippen LogP contribution in [0.25, 0.3) is 11.4 Å². The minimum atomic E-state index is -0.369. The van der Waals surface area contributed by atoms with Gasteiger partial charge in [0.05, 0.1) is 5.69 Å². The molecule has 2 aromatic heterocycles. The molecule has 150 valence electrons. The highest BCUT2D eigenvalue weighted by atomic mass is 19.1. The fraction of sp³-hybridized carbons (Fsp3) is 0.190. The zero-order chi connectivity index (χ0) is 20.7. The van der Waals surface area contributed by atoms with Gasteiger partial charge in [0.15, 0.2) is 11.5 Å². The number of aromatic nitrogens is 6. The summed E-state index contributed by atoms with van der Waals surface area (Å²) < 4.78 is 17.5. The molecule has 0 aliphatic heterocycles. The third-order valence-corrected chi connectivity index (χ3v) is 5.20. The summed E-state index contributed by atoms with van der Waals surface area (Å²) in [7, 11) is 0. The lowest BCUT2D eigenvalue weighted by Gasteiger charge is -2.08. The van der Waals surface area contributed by atoms with Crippen LogP contribution in [0.15, 0.2) is 48.5 Å². The minimum absolute atomic E-state index is 0.325. The molecule has 1 aliphatic carbocycles. The molecular formula is C21H18FN7O. The van der Waals surface area contributed by atoms with Gasteiger partial charge in [-0.2, -0.15) is 9.78 Å². The van der Waals surface area contributed by atoms with E-state index in [2.05, 4.69) is 25.9 Å². The smallest absolute Gasteiger partial charge is 0.276 e. The predicted octanol–water partition coefficient (Wildman–Crippen LogP) is 3.04. The van der Waals surface area contributed by atoms with E-state index in [0.29, 0.717) is 22.9 Å². The lowest BCUT2D eigenvalue weighted by atomic mass is 10.2. The monoisotopic (exact) mass is 403 g/mol. The number of rotatable bonds is 4. The molecule has 8 nitrogen and oxygen atoms in total. The Morgan fingerprint density at radius 3 is 2.77 bits per heavy atom. The van der Waals surface area contributed by atoms with Crippen LogP contribution in [-0.2, 0) is 12.8 Å². The third kappa shape index (κ3) is 3.04. The summed E-state index contributed by atoms with van der Waals surface area (Å²) in [5, 5.41) is 18.8. The van der Waals surface area contributed by atoms with Crippen molar-refractivity contribution >= 4 is 11.6 Å². The van der Waals surface area contributed by atoms with Crippen molar-refractivity contribution in [3.63, 3.8) is 0 Å². The molecule has 0 bridgehead atoms. The Bertz CT molecular complexity index is 1260. The molecule has 0 atom stereocenters. The van der Waals surface area contributed by atoms with Gasteiger partial charge in [-0.05, 0) is 66.9 Å². The molecule has 0 saturated heterocycles. The zero-order valence-corrected chi connectivity index (χ0v) is 16.2. The van der Waals surface area contributed by atoms with Crippen molar-refractivity contribution in [1.29, 1.82) is 0 Å². The van der Waals surface area contributed by atoms with Crippen LogP contribution < -0.4 is 5.32 Å². The van der Waals surface area contributed by atoms with E-state index < -0.39 is 0 Å². The molecule has 1 amide bonds. The molecule has 0 unspecified atom stereocenters. The molecule has 0 radical (unpaired) electrons. The largest absolute Gasteiger partial charge is 0.321 e. The number of nitrogens with one attached hydrogen (secondary N) is 1. The molecule has 9 heteroatoms. The molecule has 0 fully saturated rings. The molecule has 0 saturated carbocycles. The SMILES string of the molecule is Cc1nnnn1-c1cccc(NC(=O)c2nn(-c3ccccc3F)c3c2CCC3)c1. The molecule has 1 N–H and O–H groups in total. The number of tetrazole rings is 1. The summed E-state index contributed by atoms with van der Waals surface area (Å²) in [5.74, 6) is -0.0556. The number of fused-ring (bicyclic) bond motifs is 1. The predicted molar refractivity (Wildman–Crippen MR) is 107 cm³/mol. The van der Waals surface area contributed by atoms with Gasteiger partial charge in [-0.25, -0.2) is 9.07 Å². The second kappa shape index (κ2) is 7.18. The molecule has 30 heavy (non-hydrogen) atoms. The van der Waals surface area contributed by atoms with Gasteiger partial charge in [-0.1, -0.05) is 18.2 Å². The van der Waals surface area contributed by atoms with Crippen LogP contribution in [0.2, 0.25) is 0 Å². The second-order valence-corrected chi connectivity index (χ2v) is 7.13. The van der Waals surface area contributed by atoms with Crippen molar-refractivity contribution in [2.24, 2.45) is 0 Å². The average Bonchev–Trinajstić information content (AvgIpc) is 3.45. The Labute approximate surface area is 171 Å². The van der Waals surface area contributed by atoms with Crippen molar-refractivity contribution in [2.45, 2.75) is 26.2 Å². The van der Waals surface area contributed by atoms with Crippen LogP contribution in [0.4, 0.5) is 10.1 Å². The lowest BCUT2D eigenvalue weighted by Crippen LogP contribution is -2.15. The van der Waals surface area contributed by atoms with Crippen molar-refractivity contribution in [2.75, 3.05) is 5.32 Å². The number of benzene rings is 2. The van der Waals surface area contributed by atoms with Gasteiger partial charge in [0.1, 0.15) is 11.5 Å². The first-order valence-corrected chi connectivity index (χ1v) is 9.64. The number of aryl methyl sites for hydroxylation is 1. The summed E-state index contributed by atoms with van der Waals surface area (Å²) in [5.41, 5.74) is 3.78. The van der Waals surface area contributed by atoms with E-state index in [0.717, 1.165) is 36.2 Å². The Hall–Kier alpha value is -3.88. The van der Waals surface area contributed by atoms with Gasteiger partial charge in [0.25, 0.3) is 5.91 Å². The first kappa shape index (κ1) is 18.2. The average molecular weight is 403 g/mol. The number of hydrogen-bond acceptors (Lipinski definition) is 5. The first-order valence-electron chi connectivity index (χ1n) is 9.64. The van der Waals surface area contributed by atoms with Gasteiger partial charge < -0.3 is 5.32 Å². The van der Waals surface area contributed by atoms with Crippen LogP contribution in [-0.4, -0.2) is 35.9 Å². The van der Waals surface area contributed by atoms with E-state index in [9.17, 15) is 9.18 Å². The van der Waals surface area contributed by atoms with E-state index in [-0.39, 0.29) is 11.7 Å². The fourth-order valence-corrected chi connectivity index (χ4v) is 3.82. The van der Waals surface area contributed by atoms with Crippen LogP contribution in [0.3, 0.4) is 0 Å². The van der Waals surface area contributed by atoms with Crippen molar-refractivity contribution < 1.29 is 9.18 Å². The molecule has 1 aliphatic rings. The molecule has 5 rings (SSSR count). The van der Waals surface area contributed by atoms with Gasteiger partial charge in [0, 0.05) is 16.9 Å². The van der Waals surface area contributed by atoms with Crippen LogP contribution in [0.1, 0.15) is 34.0 Å². The molecular weight excluding hydrogens is 385 g/mol. The lowest BCUT2D eigenvalue weighted by molar-refractivity contribution is 0.102. The van der Waals surface area contributed by atoms with Crippen LogP contribution >= 0.6 is 0 Å². The number of para-hydroxylation sites is 1. The summed E-state index contributed by atoms with van der Waals surface area (Å²) >= 11 is 0. The Morgan fingerprint density at radius 1 is 1.10 bits per heavy atom. The second-order valence-electron chi connectivity index (χ2n) is 7.13. The minimum Gasteiger partial charge on any atom is -0.321 e. The summed E-state index contributed by atoms with van der Waals surface area (Å²) in [6, 6.07) is 13.7. The maximum Gasteiger partial charge on any atom is 0.276 e. The summed E-state index contributed by atoms with van der Waals surface area (Å²) in [6.45, 7) is 1.80. The quantitative estimate of drug-likeness (QED) is 0.566. The fourth-order valence-electron chi connectivity index (χ4n) is 3.82. The summed E-state index contributed by atoms with van der Waals surface area (Å²) in [6.07, 6.45) is 2.42. The molecule has 2 heterocycles. The number of amides is 1. The maximum atomic E-state index is 14.3. The Morgan fingerprint density at radius 2 is 1.97 bits per heavy atom. The molecule has 4 aromatic rings. The van der Waals surface area contributed by atoms with Crippen molar-refractivity contribution in [1.82, 2.24) is 30.0 Å². The van der Waals surface area contributed by atoms with Crippen molar-refractivity contribution in [3.8, 4) is 11.4 Å². The van der Waals surface area contributed by atoms with Crippen LogP contribution in [0.5, 0.6) is 0 Å². The van der Waals surface area contributed by atoms with E-state index in [1.54, 1.807) is 46.6 Å². The number of carbonyl (C=O) groups is 1. The number of carbonyl (C=O) groups excluding carboxylic acids is 1. The Balaban J connectivity index is 1.48. The normalized spacial score (nSPS) is 12.7. The highest BCUT2D eigenvalue weighted by Gasteiger charge is 2.27. The van der Waals surface area contributed by atoms with Gasteiger partial charge in [-0.15, -0.1) is 5.10 Å². The third-order valence-electron chi connectivity index (χ3n) is 5.20. The van der Waals surface area contributed by atoms with E-state index in [4.69, 9.17) is 0 Å². The van der Waals surface area contributed by atoms with Gasteiger partial charge in [-0.3, -0.25) is 4.79 Å². The van der Waals surface area contributed by atoms with E-state index in [1.165, 1.54) is 6.07 Å². The van der Waals surface area contributed by atoms with Crippen LogP contribution in [0, 0.1) is 12.7 Å². The Kier molecular flexibility index (Phi) is 4.35. The first-order chi connectivity index (χ1) is 14.6. The van der Waals surface area contributed by atoms with E-state index >= 15 is 0 Å². The number of halogens is 1. The molecule has 0 spiro atoms. The zero-order valence-electron chi connectivity index (χ0n) is 16.2. The number of hydrogen-bond donors (Lipinski definition) is 1. The highest BCUT2D eigenvalue weighted by Crippen LogP contribution is 2.29. The number of nitrogens with zero attached hydrogens (tertiary/aromatic N) is 6. The molecule has 2 aromatic carbocycles. The van der Waals surface area contributed by atoms with E-state index in [1.807, 2.05) is 12.1 Å². The maximum absolute atomic E-state index is 14.3. The van der Waals surface area contributed by atoms with Gasteiger partial charge >= 0.3 is 0 Å². The topological polar surface area (TPSA) is 90.5 Å². The van der Waals surface area contributed by atoms with Crippen molar-refractivity contribution in [3.05, 3.63) is 77.1 Å². The number of anilines is 1. The summed E-state index contributed by atoms with van der Waals surface area (Å²) in [4.78, 5) is 13.0. The van der Waals surface area contributed by atoms with Gasteiger partial charge in [0.2, 0.25) is 0 Å².